The summed E-state index contributed by atoms with van der Waals surface area (Å²) >= 11 is 0. The van der Waals surface area contributed by atoms with Crippen LogP contribution in [0.2, 0.25) is 0 Å². The van der Waals surface area contributed by atoms with Crippen molar-refractivity contribution >= 4 is 5.91 Å². The fourth-order valence-electron chi connectivity index (χ4n) is 1.53. The smallest absolute Gasteiger partial charge is 0.258 e. The Morgan fingerprint density at radius 2 is 2.00 bits per heavy atom. The number of benzene rings is 1. The minimum atomic E-state index is -0.246. The Hall–Kier alpha value is -1.55. The van der Waals surface area contributed by atoms with Crippen molar-refractivity contribution in [1.29, 1.82) is 0 Å². The summed E-state index contributed by atoms with van der Waals surface area (Å²) < 4.78 is 5.48. The summed E-state index contributed by atoms with van der Waals surface area (Å²) in [5, 5.41) is 11.4. The second-order valence-electron chi connectivity index (χ2n) is 4.16. The molecule has 94 valence electrons. The molecule has 17 heavy (non-hydrogen) atoms. The van der Waals surface area contributed by atoms with Gasteiger partial charge in [0.2, 0.25) is 0 Å². The minimum Gasteiger partial charge on any atom is -0.483 e. The summed E-state index contributed by atoms with van der Waals surface area (Å²) in [5.41, 5.74) is 2.01. The number of amides is 1. The lowest BCUT2D eigenvalue weighted by molar-refractivity contribution is -0.124. The van der Waals surface area contributed by atoms with Gasteiger partial charge in [0.15, 0.2) is 6.61 Å². The molecule has 2 N–H and O–H groups in total. The van der Waals surface area contributed by atoms with E-state index in [4.69, 9.17) is 9.84 Å². The Balaban J connectivity index is 2.53. The summed E-state index contributed by atoms with van der Waals surface area (Å²) in [4.78, 5) is 11.5. The second kappa shape index (κ2) is 6.25. The molecule has 1 unspecified atom stereocenters. The number of hydrogen-bond donors (Lipinski definition) is 2. The van der Waals surface area contributed by atoms with Crippen molar-refractivity contribution in [2.24, 2.45) is 0 Å². The molecule has 0 aliphatic heterocycles. The van der Waals surface area contributed by atoms with Gasteiger partial charge in [-0.2, -0.15) is 0 Å². The summed E-state index contributed by atoms with van der Waals surface area (Å²) in [6.07, 6.45) is 0. The van der Waals surface area contributed by atoms with E-state index in [-0.39, 0.29) is 25.2 Å². The van der Waals surface area contributed by atoms with Crippen molar-refractivity contribution in [3.8, 4) is 5.75 Å². The summed E-state index contributed by atoms with van der Waals surface area (Å²) in [6, 6.07) is 5.59. The van der Waals surface area contributed by atoms with Crippen LogP contribution in [0.25, 0.3) is 0 Å². The Bertz CT molecular complexity index is 370. The third-order valence-electron chi connectivity index (χ3n) is 2.44. The zero-order valence-electron chi connectivity index (χ0n) is 10.5. The van der Waals surface area contributed by atoms with Gasteiger partial charge < -0.3 is 15.2 Å². The van der Waals surface area contributed by atoms with Gasteiger partial charge in [0.25, 0.3) is 5.91 Å². The van der Waals surface area contributed by atoms with E-state index in [0.29, 0.717) is 0 Å². The Morgan fingerprint density at radius 1 is 1.41 bits per heavy atom. The highest BCUT2D eigenvalue weighted by Gasteiger charge is 2.09. The Labute approximate surface area is 102 Å². The maximum Gasteiger partial charge on any atom is 0.258 e. The average molecular weight is 237 g/mol. The maximum atomic E-state index is 11.5. The molecule has 1 atom stereocenters. The number of para-hydroxylation sites is 1. The zero-order valence-corrected chi connectivity index (χ0v) is 10.5. The first-order chi connectivity index (χ1) is 8.04. The minimum absolute atomic E-state index is 0.0317. The van der Waals surface area contributed by atoms with Crippen molar-refractivity contribution in [1.82, 2.24) is 5.32 Å². The molecule has 0 heterocycles. The highest BCUT2D eigenvalue weighted by Crippen LogP contribution is 2.21. The van der Waals surface area contributed by atoms with E-state index in [9.17, 15) is 4.79 Å². The fourth-order valence-corrected chi connectivity index (χ4v) is 1.53. The van der Waals surface area contributed by atoms with Crippen LogP contribution in [0.4, 0.5) is 0 Å². The van der Waals surface area contributed by atoms with Crippen LogP contribution in [0.1, 0.15) is 18.1 Å². The van der Waals surface area contributed by atoms with E-state index in [0.717, 1.165) is 16.9 Å². The molecular formula is C13H19NO3. The molecule has 0 bridgehead atoms. The maximum absolute atomic E-state index is 11.5. The van der Waals surface area contributed by atoms with Gasteiger partial charge >= 0.3 is 0 Å². The number of rotatable bonds is 5. The summed E-state index contributed by atoms with van der Waals surface area (Å²) in [6.45, 7) is 5.51. The van der Waals surface area contributed by atoms with Crippen molar-refractivity contribution in [3.63, 3.8) is 0 Å². The van der Waals surface area contributed by atoms with Gasteiger partial charge in [0.05, 0.1) is 6.61 Å². The largest absolute Gasteiger partial charge is 0.483 e. The number of aryl methyl sites for hydroxylation is 2. The van der Waals surface area contributed by atoms with Crippen LogP contribution in [0.15, 0.2) is 18.2 Å². The number of ether oxygens (including phenoxy) is 1. The number of hydrogen-bond acceptors (Lipinski definition) is 3. The highest BCUT2D eigenvalue weighted by molar-refractivity contribution is 5.77. The van der Waals surface area contributed by atoms with Crippen LogP contribution in [0.5, 0.6) is 5.75 Å². The lowest BCUT2D eigenvalue weighted by Crippen LogP contribution is -2.38. The molecular weight excluding hydrogens is 218 g/mol. The van der Waals surface area contributed by atoms with Gasteiger partial charge in [-0.05, 0) is 31.9 Å². The average Bonchev–Trinajstić information content (AvgIpc) is 2.28. The molecule has 0 aliphatic rings. The normalized spacial score (nSPS) is 12.0. The Morgan fingerprint density at radius 3 is 2.53 bits per heavy atom. The van der Waals surface area contributed by atoms with Crippen LogP contribution in [-0.2, 0) is 4.79 Å². The molecule has 1 aromatic rings. The standard InChI is InChI=1S/C13H19NO3/c1-9-5-4-6-10(2)13(9)17-8-12(16)14-11(3)7-15/h4-6,11,15H,7-8H2,1-3H3,(H,14,16). The van der Waals surface area contributed by atoms with Crippen LogP contribution in [-0.4, -0.2) is 30.3 Å². The number of aliphatic hydroxyl groups excluding tert-OH is 1. The number of aliphatic hydroxyl groups is 1. The zero-order chi connectivity index (χ0) is 12.8. The molecule has 0 radical (unpaired) electrons. The van der Waals surface area contributed by atoms with Gasteiger partial charge in [0.1, 0.15) is 5.75 Å². The summed E-state index contributed by atoms with van der Waals surface area (Å²) in [5.74, 6) is 0.522. The quantitative estimate of drug-likeness (QED) is 0.808. The first-order valence-corrected chi connectivity index (χ1v) is 5.63. The van der Waals surface area contributed by atoms with Gasteiger partial charge in [-0.25, -0.2) is 0 Å². The molecule has 1 amide bonds. The lowest BCUT2D eigenvalue weighted by atomic mass is 10.1. The second-order valence-corrected chi connectivity index (χ2v) is 4.16. The van der Waals surface area contributed by atoms with E-state index in [1.54, 1.807) is 6.92 Å². The van der Waals surface area contributed by atoms with Crippen molar-refractivity contribution < 1.29 is 14.6 Å². The highest BCUT2D eigenvalue weighted by atomic mass is 16.5. The number of nitrogens with one attached hydrogen (secondary N) is 1. The SMILES string of the molecule is Cc1cccc(C)c1OCC(=O)NC(C)CO. The van der Waals surface area contributed by atoms with E-state index in [1.165, 1.54) is 0 Å². The van der Waals surface area contributed by atoms with Crippen LogP contribution in [0, 0.1) is 13.8 Å². The molecule has 1 rings (SSSR count). The van der Waals surface area contributed by atoms with E-state index in [2.05, 4.69) is 5.32 Å². The molecule has 0 saturated heterocycles. The predicted octanol–water partition coefficient (Wildman–Crippen LogP) is 1.18. The molecule has 1 aromatic carbocycles. The third kappa shape index (κ3) is 4.07. The first-order valence-electron chi connectivity index (χ1n) is 5.63. The first kappa shape index (κ1) is 13.5. The Kier molecular flexibility index (Phi) is 4.97. The predicted molar refractivity (Wildman–Crippen MR) is 66.1 cm³/mol. The van der Waals surface area contributed by atoms with Gasteiger partial charge in [-0.15, -0.1) is 0 Å². The van der Waals surface area contributed by atoms with E-state index >= 15 is 0 Å². The van der Waals surface area contributed by atoms with E-state index in [1.807, 2.05) is 32.0 Å². The molecule has 0 spiro atoms. The van der Waals surface area contributed by atoms with Gasteiger partial charge in [-0.1, -0.05) is 18.2 Å². The number of carbonyl (C=O) groups excluding carboxylic acids is 1. The molecule has 4 nitrogen and oxygen atoms in total. The number of carbonyl (C=O) groups is 1. The lowest BCUT2D eigenvalue weighted by Gasteiger charge is -2.14. The molecule has 4 heteroatoms. The molecule has 0 saturated carbocycles. The molecule has 0 aromatic heterocycles. The van der Waals surface area contributed by atoms with Crippen molar-refractivity contribution in [2.45, 2.75) is 26.8 Å². The van der Waals surface area contributed by atoms with Crippen LogP contribution >= 0.6 is 0 Å². The summed E-state index contributed by atoms with van der Waals surface area (Å²) in [7, 11) is 0. The van der Waals surface area contributed by atoms with Crippen LogP contribution < -0.4 is 10.1 Å². The van der Waals surface area contributed by atoms with E-state index < -0.39 is 0 Å². The van der Waals surface area contributed by atoms with Crippen molar-refractivity contribution in [2.75, 3.05) is 13.2 Å². The van der Waals surface area contributed by atoms with Gasteiger partial charge in [-0.3, -0.25) is 4.79 Å². The topological polar surface area (TPSA) is 58.6 Å². The molecule has 0 fully saturated rings. The molecule has 0 aliphatic carbocycles. The van der Waals surface area contributed by atoms with Crippen LogP contribution in [0.3, 0.4) is 0 Å². The monoisotopic (exact) mass is 237 g/mol. The third-order valence-corrected chi connectivity index (χ3v) is 2.44. The fraction of sp³-hybridized carbons (Fsp3) is 0.462. The van der Waals surface area contributed by atoms with Crippen molar-refractivity contribution in [3.05, 3.63) is 29.3 Å². The van der Waals surface area contributed by atoms with Gasteiger partial charge in [0, 0.05) is 6.04 Å².